The standard InChI is InChI=1S/C22H27N5/c1-13(2)21-17(6)26-27-22(20(21)11-14(3)24-7)25-16(5)19-10-8-9-18(12-23)15(19)4/h8-11,16,24H,3H2,1-2,4-7H3,(H,25,27)/b20-11+/t16-/m1/s1. The Bertz CT molecular complexity index is 1020. The lowest BCUT2D eigenvalue weighted by Crippen LogP contribution is -2.35. The largest absolute Gasteiger partial charge is 0.389 e. The summed E-state index contributed by atoms with van der Waals surface area (Å²) in [7, 11) is 1.84. The minimum atomic E-state index is -0.0321. The minimum Gasteiger partial charge on any atom is -0.389 e. The molecular formula is C22H27N5. The molecule has 2 rings (SSSR count). The highest BCUT2D eigenvalue weighted by Gasteiger charge is 2.13. The van der Waals surface area contributed by atoms with Crippen LogP contribution in [0.15, 0.2) is 30.5 Å². The van der Waals surface area contributed by atoms with Crippen LogP contribution in [0.5, 0.6) is 0 Å². The predicted octanol–water partition coefficient (Wildman–Crippen LogP) is 2.84. The molecule has 0 fully saturated rings. The molecule has 0 aliphatic carbocycles. The smallest absolute Gasteiger partial charge is 0.157 e. The lowest BCUT2D eigenvalue weighted by Gasteiger charge is -2.18. The van der Waals surface area contributed by atoms with Crippen molar-refractivity contribution in [2.75, 3.05) is 12.4 Å². The molecule has 5 nitrogen and oxygen atoms in total. The number of anilines is 1. The average Bonchev–Trinajstić information content (AvgIpc) is 2.63. The summed E-state index contributed by atoms with van der Waals surface area (Å²) in [4.78, 5) is 0. The number of aryl methyl sites for hydroxylation is 1. The molecule has 0 aliphatic heterocycles. The van der Waals surface area contributed by atoms with Gasteiger partial charge in [-0.2, -0.15) is 10.4 Å². The molecule has 0 saturated carbocycles. The number of allylic oxidation sites excluding steroid dienone is 1. The summed E-state index contributed by atoms with van der Waals surface area (Å²) < 4.78 is 0. The van der Waals surface area contributed by atoms with Gasteiger partial charge in [0.1, 0.15) is 0 Å². The van der Waals surface area contributed by atoms with E-state index in [2.05, 4.69) is 54.3 Å². The summed E-state index contributed by atoms with van der Waals surface area (Å²) in [6.07, 6.45) is 1.98. The second kappa shape index (κ2) is 8.50. The highest BCUT2D eigenvalue weighted by Crippen LogP contribution is 2.22. The fourth-order valence-corrected chi connectivity index (χ4v) is 3.19. The van der Waals surface area contributed by atoms with E-state index < -0.39 is 0 Å². The lowest BCUT2D eigenvalue weighted by molar-refractivity contribution is 0.839. The topological polar surface area (TPSA) is 73.6 Å². The zero-order chi connectivity index (χ0) is 20.1. The minimum absolute atomic E-state index is 0.0321. The molecular weight excluding hydrogens is 334 g/mol. The first-order chi connectivity index (χ1) is 12.8. The molecule has 0 unspecified atom stereocenters. The molecule has 0 bridgehead atoms. The van der Waals surface area contributed by atoms with Crippen LogP contribution in [0.3, 0.4) is 0 Å². The van der Waals surface area contributed by atoms with Gasteiger partial charge in [0.2, 0.25) is 0 Å². The van der Waals surface area contributed by atoms with Gasteiger partial charge in [-0.3, -0.25) is 0 Å². The maximum atomic E-state index is 9.30. The monoisotopic (exact) mass is 361 g/mol. The normalized spacial score (nSPS) is 12.3. The zero-order valence-electron chi connectivity index (χ0n) is 16.9. The Hall–Kier alpha value is -3.13. The third kappa shape index (κ3) is 4.35. The molecule has 2 N–H and O–H groups in total. The summed E-state index contributed by atoms with van der Waals surface area (Å²) in [6, 6.07) is 7.99. The second-order valence-corrected chi connectivity index (χ2v) is 6.84. The third-order valence-corrected chi connectivity index (χ3v) is 4.64. The van der Waals surface area contributed by atoms with Gasteiger partial charge in [-0.1, -0.05) is 24.3 Å². The van der Waals surface area contributed by atoms with Crippen LogP contribution in [0.2, 0.25) is 0 Å². The third-order valence-electron chi connectivity index (χ3n) is 4.64. The van der Waals surface area contributed by atoms with Crippen LogP contribution >= 0.6 is 0 Å². The van der Waals surface area contributed by atoms with Gasteiger partial charge in [-0.05, 0) is 57.9 Å². The van der Waals surface area contributed by atoms with Crippen LogP contribution < -0.4 is 21.1 Å². The zero-order valence-corrected chi connectivity index (χ0v) is 16.9. The number of aromatic nitrogens is 2. The van der Waals surface area contributed by atoms with E-state index in [0.29, 0.717) is 11.4 Å². The molecule has 2 aromatic rings. The highest BCUT2D eigenvalue weighted by molar-refractivity contribution is 5.56. The van der Waals surface area contributed by atoms with Gasteiger partial charge in [0.05, 0.1) is 23.4 Å². The fourth-order valence-electron chi connectivity index (χ4n) is 3.19. The fraction of sp³-hybridized carbons (Fsp3) is 0.318. The van der Waals surface area contributed by atoms with Crippen molar-refractivity contribution in [2.24, 2.45) is 0 Å². The molecule has 140 valence electrons. The van der Waals surface area contributed by atoms with Crippen molar-refractivity contribution < 1.29 is 0 Å². The van der Waals surface area contributed by atoms with Gasteiger partial charge in [-0.15, -0.1) is 5.10 Å². The molecule has 1 atom stereocenters. The van der Waals surface area contributed by atoms with Crippen LogP contribution in [0.25, 0.3) is 11.6 Å². The van der Waals surface area contributed by atoms with Crippen molar-refractivity contribution in [3.63, 3.8) is 0 Å². The number of nitrogens with zero attached hydrogens (tertiary/aromatic N) is 3. The van der Waals surface area contributed by atoms with Gasteiger partial charge < -0.3 is 10.6 Å². The summed E-state index contributed by atoms with van der Waals surface area (Å²) in [5.41, 5.74) is 5.56. The number of rotatable bonds is 5. The molecule has 0 amide bonds. The number of hydrogen-bond donors (Lipinski definition) is 2. The van der Waals surface area contributed by atoms with Gasteiger partial charge in [0, 0.05) is 23.2 Å². The van der Waals surface area contributed by atoms with Crippen molar-refractivity contribution in [1.29, 1.82) is 5.26 Å². The summed E-state index contributed by atoms with van der Waals surface area (Å²) in [5, 5.41) is 26.6. The van der Waals surface area contributed by atoms with Crippen molar-refractivity contribution in [1.82, 2.24) is 15.5 Å². The maximum Gasteiger partial charge on any atom is 0.157 e. The van der Waals surface area contributed by atoms with Gasteiger partial charge in [0.15, 0.2) is 5.82 Å². The number of nitrogens with one attached hydrogen (secondary N) is 2. The summed E-state index contributed by atoms with van der Waals surface area (Å²) in [6.45, 7) is 14.1. The van der Waals surface area contributed by atoms with Gasteiger partial charge >= 0.3 is 0 Å². The van der Waals surface area contributed by atoms with Crippen LogP contribution in [0.1, 0.15) is 49.2 Å². The van der Waals surface area contributed by atoms with E-state index in [4.69, 9.17) is 0 Å². The number of benzene rings is 1. The number of nitriles is 1. The average molecular weight is 361 g/mol. The van der Waals surface area contributed by atoms with Gasteiger partial charge in [-0.25, -0.2) is 0 Å². The molecule has 1 aromatic heterocycles. The van der Waals surface area contributed by atoms with Crippen LogP contribution in [-0.2, 0) is 0 Å². The van der Waals surface area contributed by atoms with Crippen molar-refractivity contribution in [2.45, 2.75) is 40.7 Å². The van der Waals surface area contributed by atoms with E-state index in [9.17, 15) is 5.26 Å². The summed E-state index contributed by atoms with van der Waals surface area (Å²) >= 11 is 0. The number of hydrogen-bond acceptors (Lipinski definition) is 5. The Balaban J connectivity index is 2.63. The highest BCUT2D eigenvalue weighted by atomic mass is 15.2. The molecule has 5 heteroatoms. The summed E-state index contributed by atoms with van der Waals surface area (Å²) in [5.74, 6) is 0.697. The molecule has 1 aromatic carbocycles. The Morgan fingerprint density at radius 2 is 1.96 bits per heavy atom. The molecule has 0 aliphatic rings. The predicted molar refractivity (Wildman–Crippen MR) is 111 cm³/mol. The van der Waals surface area contributed by atoms with E-state index >= 15 is 0 Å². The van der Waals surface area contributed by atoms with Gasteiger partial charge in [0.25, 0.3) is 0 Å². The Morgan fingerprint density at radius 1 is 1.26 bits per heavy atom. The van der Waals surface area contributed by atoms with E-state index in [1.165, 1.54) is 0 Å². The molecule has 27 heavy (non-hydrogen) atoms. The van der Waals surface area contributed by atoms with Crippen molar-refractivity contribution >= 4 is 17.5 Å². The second-order valence-electron chi connectivity index (χ2n) is 6.84. The van der Waals surface area contributed by atoms with E-state index in [-0.39, 0.29) is 6.04 Å². The molecule has 0 spiro atoms. The Labute approximate surface area is 161 Å². The van der Waals surface area contributed by atoms with Crippen LogP contribution in [0, 0.1) is 25.2 Å². The lowest BCUT2D eigenvalue weighted by atomic mass is 9.98. The first kappa shape index (κ1) is 20.2. The first-order valence-corrected chi connectivity index (χ1v) is 8.95. The van der Waals surface area contributed by atoms with E-state index in [0.717, 1.165) is 38.5 Å². The first-order valence-electron chi connectivity index (χ1n) is 8.95. The maximum absolute atomic E-state index is 9.30. The Morgan fingerprint density at radius 3 is 2.56 bits per heavy atom. The Kier molecular flexibility index (Phi) is 6.36. The molecule has 1 heterocycles. The van der Waals surface area contributed by atoms with E-state index in [1.54, 1.807) is 0 Å². The van der Waals surface area contributed by atoms with Crippen LogP contribution in [0.4, 0.5) is 5.82 Å². The van der Waals surface area contributed by atoms with E-state index in [1.807, 2.05) is 45.2 Å². The quantitative estimate of drug-likeness (QED) is 0.857. The molecule has 0 radical (unpaired) electrons. The van der Waals surface area contributed by atoms with Crippen LogP contribution in [-0.4, -0.2) is 17.2 Å². The van der Waals surface area contributed by atoms with Crippen molar-refractivity contribution in [3.8, 4) is 6.07 Å². The molecule has 0 saturated heterocycles. The van der Waals surface area contributed by atoms with Crippen molar-refractivity contribution in [3.05, 3.63) is 63.3 Å². The SMILES string of the molecule is C=C(/C=c1/c(N[C@H](C)c2cccc(C#N)c2C)nnc(C)c1=C(C)C)NC.